The van der Waals surface area contributed by atoms with Crippen molar-refractivity contribution >= 4 is 16.9 Å². The number of methoxy groups -OCH3 is 1. The van der Waals surface area contributed by atoms with Crippen molar-refractivity contribution in [3.63, 3.8) is 0 Å². The number of carbonyl (C=O) groups is 1. The zero-order valence-electron chi connectivity index (χ0n) is 16.0. The number of hydrogen-bond donors (Lipinski definition) is 1. The molecule has 2 heterocycles. The van der Waals surface area contributed by atoms with Gasteiger partial charge in [0, 0.05) is 42.5 Å². The van der Waals surface area contributed by atoms with E-state index in [0.717, 1.165) is 34.9 Å². The molecule has 1 N–H and O–H groups in total. The van der Waals surface area contributed by atoms with Crippen molar-refractivity contribution in [2.75, 3.05) is 13.7 Å². The maximum absolute atomic E-state index is 11.7. The van der Waals surface area contributed by atoms with Crippen LogP contribution in [0.3, 0.4) is 0 Å². The molecular weight excluding hydrogens is 354 g/mol. The van der Waals surface area contributed by atoms with Crippen LogP contribution in [0.25, 0.3) is 10.9 Å². The minimum Gasteiger partial charge on any atom is -0.425 e. The molecule has 0 radical (unpaired) electrons. The molecular formula is C22H23N3O3. The van der Waals surface area contributed by atoms with E-state index < -0.39 is 5.97 Å². The molecule has 28 heavy (non-hydrogen) atoms. The Morgan fingerprint density at radius 2 is 2.21 bits per heavy atom. The minimum atomic E-state index is -0.463. The Morgan fingerprint density at radius 3 is 2.89 bits per heavy atom. The summed E-state index contributed by atoms with van der Waals surface area (Å²) in [5, 5.41) is 10.9. The summed E-state index contributed by atoms with van der Waals surface area (Å²) in [5.74, 6) is -0.347. The van der Waals surface area contributed by atoms with E-state index in [1.165, 1.54) is 7.11 Å². The third kappa shape index (κ3) is 4.21. The fraction of sp³-hybridized carbons (Fsp3) is 0.318. The van der Waals surface area contributed by atoms with Gasteiger partial charge in [0.15, 0.2) is 0 Å². The molecule has 144 valence electrons. The molecule has 1 aromatic carbocycles. The number of nitrogens with zero attached hydrogens (tertiary/aromatic N) is 2. The number of fused-ring (bicyclic) bond motifs is 1. The molecule has 2 unspecified atom stereocenters. The van der Waals surface area contributed by atoms with Gasteiger partial charge in [0.25, 0.3) is 0 Å². The number of pyridine rings is 1. The molecule has 0 aliphatic rings. The van der Waals surface area contributed by atoms with Crippen LogP contribution in [0.5, 0.6) is 5.75 Å². The standard InChI is InChI=1S/C22H23N3O3/c1-3-5-17(15-6-4-9-24-12-15)19(11-23)20-13-25-21-8-7-16(10-18(20)21)28-22(26)14-27-2/h4,6-10,12-13,17,19,25H,3,5,14H2,1-2H3. The van der Waals surface area contributed by atoms with Crippen LogP contribution in [0.2, 0.25) is 0 Å². The van der Waals surface area contributed by atoms with E-state index >= 15 is 0 Å². The van der Waals surface area contributed by atoms with Crippen LogP contribution in [-0.4, -0.2) is 29.7 Å². The summed E-state index contributed by atoms with van der Waals surface area (Å²) in [4.78, 5) is 19.2. The van der Waals surface area contributed by atoms with Gasteiger partial charge in [-0.05, 0) is 41.8 Å². The SMILES string of the molecule is CCCC(c1cccnc1)C(C#N)c1c[nH]c2ccc(OC(=O)COC)cc12. The number of benzene rings is 1. The Morgan fingerprint density at radius 1 is 1.36 bits per heavy atom. The smallest absolute Gasteiger partial charge is 0.337 e. The first-order valence-electron chi connectivity index (χ1n) is 9.28. The zero-order chi connectivity index (χ0) is 19.9. The summed E-state index contributed by atoms with van der Waals surface area (Å²) in [6, 6.07) is 11.8. The van der Waals surface area contributed by atoms with Gasteiger partial charge in [-0.15, -0.1) is 0 Å². The Bertz CT molecular complexity index is 976. The highest BCUT2D eigenvalue weighted by molar-refractivity contribution is 5.86. The lowest BCUT2D eigenvalue weighted by Gasteiger charge is -2.21. The molecule has 6 heteroatoms. The lowest BCUT2D eigenvalue weighted by atomic mass is 9.80. The number of aromatic nitrogens is 2. The maximum Gasteiger partial charge on any atom is 0.337 e. The molecule has 0 fully saturated rings. The van der Waals surface area contributed by atoms with E-state index in [2.05, 4.69) is 23.0 Å². The molecule has 3 rings (SSSR count). The van der Waals surface area contributed by atoms with Crippen molar-refractivity contribution < 1.29 is 14.3 Å². The van der Waals surface area contributed by atoms with E-state index in [1.807, 2.05) is 30.6 Å². The molecule has 0 spiro atoms. The van der Waals surface area contributed by atoms with Crippen molar-refractivity contribution in [3.05, 3.63) is 60.0 Å². The molecule has 0 saturated heterocycles. The highest BCUT2D eigenvalue weighted by atomic mass is 16.6. The van der Waals surface area contributed by atoms with Crippen LogP contribution in [0.15, 0.2) is 48.9 Å². The van der Waals surface area contributed by atoms with E-state index in [0.29, 0.717) is 5.75 Å². The second kappa shape index (κ2) is 9.16. The summed E-state index contributed by atoms with van der Waals surface area (Å²) in [6.07, 6.45) is 7.27. The molecule has 0 saturated carbocycles. The molecule has 6 nitrogen and oxygen atoms in total. The van der Waals surface area contributed by atoms with Crippen LogP contribution >= 0.6 is 0 Å². The van der Waals surface area contributed by atoms with Crippen LogP contribution in [0, 0.1) is 11.3 Å². The molecule has 2 atom stereocenters. The van der Waals surface area contributed by atoms with E-state index in [1.54, 1.807) is 18.3 Å². The number of hydrogen-bond acceptors (Lipinski definition) is 5. The van der Waals surface area contributed by atoms with Crippen molar-refractivity contribution in [3.8, 4) is 11.8 Å². The van der Waals surface area contributed by atoms with Crippen LogP contribution in [0.4, 0.5) is 0 Å². The number of nitriles is 1. The second-order valence-corrected chi connectivity index (χ2v) is 6.65. The number of ether oxygens (including phenoxy) is 2. The van der Waals surface area contributed by atoms with Crippen molar-refractivity contribution in [1.29, 1.82) is 5.26 Å². The van der Waals surface area contributed by atoms with E-state index in [-0.39, 0.29) is 18.4 Å². The van der Waals surface area contributed by atoms with Gasteiger partial charge in [-0.3, -0.25) is 4.98 Å². The normalized spacial score (nSPS) is 13.0. The predicted octanol–water partition coefficient (Wildman–Crippen LogP) is 4.31. The van der Waals surface area contributed by atoms with Gasteiger partial charge in [-0.1, -0.05) is 19.4 Å². The monoisotopic (exact) mass is 377 g/mol. The minimum absolute atomic E-state index is 0.0300. The summed E-state index contributed by atoms with van der Waals surface area (Å²) in [7, 11) is 1.44. The van der Waals surface area contributed by atoms with Gasteiger partial charge in [0.05, 0.1) is 12.0 Å². The van der Waals surface area contributed by atoms with Gasteiger partial charge in [0.2, 0.25) is 0 Å². The van der Waals surface area contributed by atoms with Crippen LogP contribution in [0.1, 0.15) is 42.7 Å². The fourth-order valence-corrected chi connectivity index (χ4v) is 3.53. The maximum atomic E-state index is 11.7. The number of carbonyl (C=O) groups excluding carboxylic acids is 1. The molecule has 0 aliphatic carbocycles. The molecule has 3 aromatic rings. The van der Waals surface area contributed by atoms with Crippen LogP contribution in [-0.2, 0) is 9.53 Å². The summed E-state index contributed by atoms with van der Waals surface area (Å²) in [5.41, 5.74) is 2.83. The highest BCUT2D eigenvalue weighted by Gasteiger charge is 2.27. The van der Waals surface area contributed by atoms with Crippen molar-refractivity contribution in [2.45, 2.75) is 31.6 Å². The number of esters is 1. The first-order chi connectivity index (χ1) is 13.7. The highest BCUT2D eigenvalue weighted by Crippen LogP contribution is 2.39. The Balaban J connectivity index is 1.99. The van der Waals surface area contributed by atoms with E-state index in [9.17, 15) is 10.1 Å². The first-order valence-corrected chi connectivity index (χ1v) is 9.28. The average molecular weight is 377 g/mol. The van der Waals surface area contributed by atoms with Gasteiger partial charge < -0.3 is 14.5 Å². The zero-order valence-corrected chi connectivity index (χ0v) is 16.0. The van der Waals surface area contributed by atoms with Crippen LogP contribution < -0.4 is 4.74 Å². The lowest BCUT2D eigenvalue weighted by molar-refractivity contribution is -0.138. The van der Waals surface area contributed by atoms with Crippen molar-refractivity contribution in [1.82, 2.24) is 9.97 Å². The largest absolute Gasteiger partial charge is 0.425 e. The summed E-state index contributed by atoms with van der Waals surface area (Å²) < 4.78 is 10.1. The number of rotatable bonds is 8. The number of aromatic amines is 1. The topological polar surface area (TPSA) is 88.0 Å². The third-order valence-corrected chi connectivity index (χ3v) is 4.77. The predicted molar refractivity (Wildman–Crippen MR) is 106 cm³/mol. The molecule has 0 aliphatic heterocycles. The Hall–Kier alpha value is -3.17. The van der Waals surface area contributed by atoms with E-state index in [4.69, 9.17) is 9.47 Å². The Kier molecular flexibility index (Phi) is 6.41. The lowest BCUT2D eigenvalue weighted by Crippen LogP contribution is -2.14. The Labute approximate surface area is 164 Å². The first kappa shape index (κ1) is 19.6. The quantitative estimate of drug-likeness (QED) is 0.467. The molecule has 0 bridgehead atoms. The van der Waals surface area contributed by atoms with Gasteiger partial charge in [-0.2, -0.15) is 5.26 Å². The number of H-pyrrole nitrogens is 1. The molecule has 2 aromatic heterocycles. The number of nitrogens with one attached hydrogen (secondary N) is 1. The summed E-state index contributed by atoms with van der Waals surface area (Å²) >= 11 is 0. The van der Waals surface area contributed by atoms with Crippen molar-refractivity contribution in [2.24, 2.45) is 0 Å². The summed E-state index contributed by atoms with van der Waals surface area (Å²) in [6.45, 7) is 2.00. The second-order valence-electron chi connectivity index (χ2n) is 6.65. The van der Waals surface area contributed by atoms with Gasteiger partial charge >= 0.3 is 5.97 Å². The fourth-order valence-electron chi connectivity index (χ4n) is 3.53. The van der Waals surface area contributed by atoms with Gasteiger partial charge in [0.1, 0.15) is 12.4 Å². The molecule has 0 amide bonds. The average Bonchev–Trinajstić information content (AvgIpc) is 3.12. The third-order valence-electron chi connectivity index (χ3n) is 4.77. The van der Waals surface area contributed by atoms with Gasteiger partial charge in [-0.25, -0.2) is 4.79 Å².